The summed E-state index contributed by atoms with van der Waals surface area (Å²) in [5.41, 5.74) is -0.640. The van der Waals surface area contributed by atoms with Gasteiger partial charge in [-0.3, -0.25) is 14.5 Å². The van der Waals surface area contributed by atoms with Gasteiger partial charge >= 0.3 is 11.9 Å². The van der Waals surface area contributed by atoms with Crippen molar-refractivity contribution >= 4 is 29.4 Å². The maximum absolute atomic E-state index is 12.7. The number of rotatable bonds is 4. The Labute approximate surface area is 142 Å². The van der Waals surface area contributed by atoms with E-state index >= 15 is 0 Å². The Hall–Kier alpha value is -2.78. The Balaban J connectivity index is 1.95. The van der Waals surface area contributed by atoms with Crippen molar-refractivity contribution in [3.8, 4) is 0 Å². The Kier molecular flexibility index (Phi) is 4.51. The van der Waals surface area contributed by atoms with Crippen LogP contribution in [0.25, 0.3) is 0 Å². The van der Waals surface area contributed by atoms with Gasteiger partial charge in [-0.15, -0.1) is 0 Å². The molecule has 1 atom stereocenters. The number of ether oxygens (including phenoxy) is 1. The molecule has 2 aliphatic heterocycles. The fraction of sp³-hybridized carbons (Fsp3) is 0.375. The number of carboxylic acids is 2. The maximum Gasteiger partial charge on any atom is 0.335 e. The third kappa shape index (κ3) is 3.24. The molecule has 0 saturated carbocycles. The summed E-state index contributed by atoms with van der Waals surface area (Å²) in [6.07, 6.45) is -0.0292. The smallest absolute Gasteiger partial charge is 0.335 e. The van der Waals surface area contributed by atoms with Gasteiger partial charge in [0.05, 0.1) is 42.5 Å². The fourth-order valence-corrected chi connectivity index (χ4v) is 3.05. The fourth-order valence-electron chi connectivity index (χ4n) is 3.05. The highest BCUT2D eigenvalue weighted by Crippen LogP contribution is 2.28. The van der Waals surface area contributed by atoms with E-state index in [0.29, 0.717) is 26.3 Å². The quantitative estimate of drug-likeness (QED) is 0.731. The highest BCUT2D eigenvalue weighted by Gasteiger charge is 2.43. The van der Waals surface area contributed by atoms with E-state index in [0.717, 1.165) is 23.1 Å². The summed E-state index contributed by atoms with van der Waals surface area (Å²) in [7, 11) is 0. The van der Waals surface area contributed by atoms with E-state index in [1.807, 2.05) is 4.90 Å². The zero-order chi connectivity index (χ0) is 18.1. The Morgan fingerprint density at radius 1 is 1.00 bits per heavy atom. The standard InChI is InChI=1S/C16H16N2O7/c19-13-8-12(17-1-3-25-4-2-17)14(20)18(13)11-6-9(15(21)22)5-10(7-11)16(23)24/h5-7,12H,1-4,8H2,(H,21,22)(H,23,24). The highest BCUT2D eigenvalue weighted by atomic mass is 16.5. The first-order valence-electron chi connectivity index (χ1n) is 7.69. The van der Waals surface area contributed by atoms with Crippen LogP contribution in [0.3, 0.4) is 0 Å². The topological polar surface area (TPSA) is 124 Å². The maximum atomic E-state index is 12.7. The third-order valence-corrected chi connectivity index (χ3v) is 4.28. The summed E-state index contributed by atoms with van der Waals surface area (Å²) in [5, 5.41) is 18.3. The van der Waals surface area contributed by atoms with Gasteiger partial charge in [-0.25, -0.2) is 14.5 Å². The van der Waals surface area contributed by atoms with Crippen LogP contribution in [0.4, 0.5) is 5.69 Å². The summed E-state index contributed by atoms with van der Waals surface area (Å²) >= 11 is 0. The highest BCUT2D eigenvalue weighted by molar-refractivity contribution is 6.22. The van der Waals surface area contributed by atoms with Gasteiger partial charge < -0.3 is 14.9 Å². The van der Waals surface area contributed by atoms with Gasteiger partial charge in [0.1, 0.15) is 0 Å². The minimum atomic E-state index is -1.34. The molecule has 2 N–H and O–H groups in total. The monoisotopic (exact) mass is 348 g/mol. The molecule has 2 aliphatic rings. The van der Waals surface area contributed by atoms with Crippen molar-refractivity contribution in [2.24, 2.45) is 0 Å². The SMILES string of the molecule is O=C(O)c1cc(C(=O)O)cc(N2C(=O)CC(N3CCOCC3)C2=O)c1. The minimum Gasteiger partial charge on any atom is -0.478 e. The van der Waals surface area contributed by atoms with E-state index in [2.05, 4.69) is 0 Å². The minimum absolute atomic E-state index is 0.0292. The molecule has 2 heterocycles. The lowest BCUT2D eigenvalue weighted by atomic mass is 10.1. The Morgan fingerprint density at radius 3 is 2.08 bits per heavy atom. The molecular formula is C16H16N2O7. The van der Waals surface area contributed by atoms with E-state index in [4.69, 9.17) is 14.9 Å². The molecule has 0 bridgehead atoms. The van der Waals surface area contributed by atoms with Gasteiger partial charge in [-0.05, 0) is 18.2 Å². The van der Waals surface area contributed by atoms with Crippen LogP contribution in [0.15, 0.2) is 18.2 Å². The molecular weight excluding hydrogens is 332 g/mol. The summed E-state index contributed by atoms with van der Waals surface area (Å²) < 4.78 is 5.23. The van der Waals surface area contributed by atoms with Crippen LogP contribution in [0.2, 0.25) is 0 Å². The van der Waals surface area contributed by atoms with Crippen LogP contribution in [-0.2, 0) is 14.3 Å². The predicted molar refractivity (Wildman–Crippen MR) is 83.7 cm³/mol. The van der Waals surface area contributed by atoms with Crippen LogP contribution in [-0.4, -0.2) is 71.2 Å². The molecule has 9 nitrogen and oxygen atoms in total. The lowest BCUT2D eigenvalue weighted by Crippen LogP contribution is -2.47. The molecule has 0 radical (unpaired) electrons. The van der Waals surface area contributed by atoms with Gasteiger partial charge in [0, 0.05) is 13.1 Å². The number of imide groups is 1. The second-order valence-corrected chi connectivity index (χ2v) is 5.81. The number of aromatic carboxylic acids is 2. The summed E-state index contributed by atoms with van der Waals surface area (Å²) in [4.78, 5) is 50.2. The first-order chi connectivity index (χ1) is 11.9. The van der Waals surface area contributed by atoms with Gasteiger partial charge in [0.15, 0.2) is 0 Å². The summed E-state index contributed by atoms with van der Waals surface area (Å²) in [6.45, 7) is 1.98. The van der Waals surface area contributed by atoms with Crippen LogP contribution < -0.4 is 4.90 Å². The van der Waals surface area contributed by atoms with Crippen molar-refractivity contribution < 1.29 is 34.1 Å². The molecule has 3 rings (SSSR count). The molecule has 1 aromatic rings. The second kappa shape index (κ2) is 6.61. The molecule has 0 aromatic heterocycles. The number of hydrogen-bond acceptors (Lipinski definition) is 6. The third-order valence-electron chi connectivity index (χ3n) is 4.28. The largest absolute Gasteiger partial charge is 0.478 e. The first kappa shape index (κ1) is 17.1. The van der Waals surface area contributed by atoms with Crippen LogP contribution in [0.1, 0.15) is 27.1 Å². The van der Waals surface area contributed by atoms with Gasteiger partial charge in [-0.1, -0.05) is 0 Å². The number of amides is 2. The molecule has 0 aliphatic carbocycles. The average Bonchev–Trinajstić information content (AvgIpc) is 2.89. The molecule has 132 valence electrons. The first-order valence-corrected chi connectivity index (χ1v) is 7.69. The summed E-state index contributed by atoms with van der Waals surface area (Å²) in [5.74, 6) is -3.65. The normalized spacial score (nSPS) is 21.6. The second-order valence-electron chi connectivity index (χ2n) is 5.81. The van der Waals surface area contributed by atoms with Crippen LogP contribution in [0.5, 0.6) is 0 Å². The van der Waals surface area contributed by atoms with Crippen molar-refractivity contribution in [3.63, 3.8) is 0 Å². The van der Waals surface area contributed by atoms with E-state index < -0.39 is 29.8 Å². The van der Waals surface area contributed by atoms with Crippen molar-refractivity contribution in [2.45, 2.75) is 12.5 Å². The molecule has 1 aromatic carbocycles. The van der Waals surface area contributed by atoms with E-state index in [-0.39, 0.29) is 23.2 Å². The number of nitrogens with zero attached hydrogens (tertiary/aromatic N) is 2. The van der Waals surface area contributed by atoms with Crippen molar-refractivity contribution in [1.82, 2.24) is 4.90 Å². The van der Waals surface area contributed by atoms with Crippen LogP contribution in [0, 0.1) is 0 Å². The molecule has 0 spiro atoms. The van der Waals surface area contributed by atoms with E-state index in [9.17, 15) is 19.2 Å². The van der Waals surface area contributed by atoms with Crippen LogP contribution >= 0.6 is 0 Å². The van der Waals surface area contributed by atoms with Gasteiger partial charge in [-0.2, -0.15) is 0 Å². The number of carboxylic acid groups (broad SMARTS) is 2. The lowest BCUT2D eigenvalue weighted by Gasteiger charge is -2.30. The van der Waals surface area contributed by atoms with Crippen molar-refractivity contribution in [1.29, 1.82) is 0 Å². The number of anilines is 1. The molecule has 2 fully saturated rings. The Morgan fingerprint density at radius 2 is 1.56 bits per heavy atom. The number of hydrogen-bond donors (Lipinski definition) is 2. The number of benzene rings is 1. The van der Waals surface area contributed by atoms with Crippen molar-refractivity contribution in [2.75, 3.05) is 31.2 Å². The summed E-state index contributed by atoms with van der Waals surface area (Å²) in [6, 6.07) is 2.61. The number of morpholine rings is 1. The molecule has 9 heteroatoms. The molecule has 25 heavy (non-hydrogen) atoms. The zero-order valence-electron chi connectivity index (χ0n) is 13.2. The molecule has 2 saturated heterocycles. The predicted octanol–water partition coefficient (Wildman–Crippen LogP) is 0.0471. The Bertz CT molecular complexity index is 723. The number of carbonyl (C=O) groups excluding carboxylic acids is 2. The van der Waals surface area contributed by atoms with Crippen molar-refractivity contribution in [3.05, 3.63) is 29.3 Å². The van der Waals surface area contributed by atoms with Gasteiger partial charge in [0.2, 0.25) is 5.91 Å². The zero-order valence-corrected chi connectivity index (χ0v) is 13.2. The van der Waals surface area contributed by atoms with Gasteiger partial charge in [0.25, 0.3) is 5.91 Å². The number of carbonyl (C=O) groups is 4. The average molecular weight is 348 g/mol. The van der Waals surface area contributed by atoms with E-state index in [1.165, 1.54) is 0 Å². The molecule has 2 amide bonds. The lowest BCUT2D eigenvalue weighted by molar-refractivity contribution is -0.123. The molecule has 1 unspecified atom stereocenters. The van der Waals surface area contributed by atoms with E-state index in [1.54, 1.807) is 0 Å².